The molecule has 1 saturated heterocycles. The summed E-state index contributed by atoms with van der Waals surface area (Å²) in [6.45, 7) is 3.40. The normalized spacial score (nSPS) is 16.2. The third-order valence-electron chi connectivity index (χ3n) is 6.14. The molecule has 1 saturated carbocycles. The van der Waals surface area contributed by atoms with Gasteiger partial charge < -0.3 is 10.2 Å². The number of fused-ring (bicyclic) bond motifs is 1. The Balaban J connectivity index is 1.47. The van der Waals surface area contributed by atoms with E-state index in [4.69, 9.17) is 16.6 Å². The van der Waals surface area contributed by atoms with Crippen molar-refractivity contribution in [3.63, 3.8) is 0 Å². The summed E-state index contributed by atoms with van der Waals surface area (Å²) in [5.74, 6) is 2.15. The lowest BCUT2D eigenvalue weighted by atomic mass is 10.0. The van der Waals surface area contributed by atoms with Crippen LogP contribution in [0.2, 0.25) is 5.02 Å². The van der Waals surface area contributed by atoms with Gasteiger partial charge in [-0.15, -0.1) is 0 Å². The van der Waals surface area contributed by atoms with Crippen LogP contribution >= 0.6 is 23.4 Å². The van der Waals surface area contributed by atoms with Crippen LogP contribution < -0.4 is 5.32 Å². The number of hydrogen-bond acceptors (Lipinski definition) is 4. The van der Waals surface area contributed by atoms with E-state index in [0.29, 0.717) is 27.8 Å². The van der Waals surface area contributed by atoms with E-state index in [0.717, 1.165) is 59.6 Å². The molecule has 0 radical (unpaired) electrons. The van der Waals surface area contributed by atoms with Crippen LogP contribution in [0.4, 0.5) is 5.69 Å². The highest BCUT2D eigenvalue weighted by atomic mass is 35.5. The molecule has 0 bridgehead atoms. The van der Waals surface area contributed by atoms with E-state index in [2.05, 4.69) is 5.32 Å². The van der Waals surface area contributed by atoms with Crippen molar-refractivity contribution in [3.8, 4) is 0 Å². The van der Waals surface area contributed by atoms with Crippen LogP contribution in [0.5, 0.6) is 0 Å². The number of carbonyl (C=O) groups is 2. The van der Waals surface area contributed by atoms with Crippen molar-refractivity contribution in [2.45, 2.75) is 25.7 Å². The molecule has 2 heterocycles. The number of rotatable bonds is 4. The predicted molar refractivity (Wildman–Crippen MR) is 131 cm³/mol. The Bertz CT molecular complexity index is 1220. The molecular formula is C25H24ClN3O2S. The average molecular weight is 466 g/mol. The fourth-order valence-electron chi connectivity index (χ4n) is 4.12. The van der Waals surface area contributed by atoms with Gasteiger partial charge in [0.1, 0.15) is 0 Å². The Labute approximate surface area is 196 Å². The summed E-state index contributed by atoms with van der Waals surface area (Å²) in [5, 5.41) is 4.34. The van der Waals surface area contributed by atoms with Gasteiger partial charge in [0, 0.05) is 57.9 Å². The second kappa shape index (κ2) is 8.75. The molecule has 1 aliphatic carbocycles. The zero-order valence-corrected chi connectivity index (χ0v) is 19.4. The summed E-state index contributed by atoms with van der Waals surface area (Å²) in [5.41, 5.74) is 4.34. The summed E-state index contributed by atoms with van der Waals surface area (Å²) in [7, 11) is 0. The van der Waals surface area contributed by atoms with Gasteiger partial charge >= 0.3 is 0 Å². The zero-order chi connectivity index (χ0) is 22.2. The number of halogens is 1. The molecule has 0 atom stereocenters. The van der Waals surface area contributed by atoms with Gasteiger partial charge in [0.25, 0.3) is 11.8 Å². The maximum Gasteiger partial charge on any atom is 0.256 e. The molecule has 2 aliphatic rings. The monoisotopic (exact) mass is 465 g/mol. The van der Waals surface area contributed by atoms with Crippen LogP contribution in [-0.2, 0) is 0 Å². The largest absolute Gasteiger partial charge is 0.337 e. The van der Waals surface area contributed by atoms with Crippen molar-refractivity contribution in [3.05, 3.63) is 69.9 Å². The number of hydrogen-bond donors (Lipinski definition) is 1. The number of anilines is 1. The SMILES string of the molecule is Cc1c(NC(=O)c2cc(C3CC3)nc3ccc(Cl)cc23)cccc1C(=O)N1CCSCC1. The minimum absolute atomic E-state index is 0.0241. The van der Waals surface area contributed by atoms with Crippen LogP contribution in [0, 0.1) is 6.92 Å². The van der Waals surface area contributed by atoms with Crippen LogP contribution in [-0.4, -0.2) is 46.3 Å². The van der Waals surface area contributed by atoms with Crippen LogP contribution in [0.15, 0.2) is 42.5 Å². The van der Waals surface area contributed by atoms with Crippen LogP contribution in [0.3, 0.4) is 0 Å². The number of benzene rings is 2. The first kappa shape index (κ1) is 21.3. The Hall–Kier alpha value is -2.57. The van der Waals surface area contributed by atoms with Gasteiger partial charge in [0.05, 0.1) is 11.1 Å². The van der Waals surface area contributed by atoms with Gasteiger partial charge in [-0.1, -0.05) is 17.7 Å². The molecule has 2 aromatic carbocycles. The van der Waals surface area contributed by atoms with Crippen molar-refractivity contribution in [1.29, 1.82) is 0 Å². The molecule has 0 unspecified atom stereocenters. The maximum atomic E-state index is 13.4. The fraction of sp³-hybridized carbons (Fsp3) is 0.320. The van der Waals surface area contributed by atoms with E-state index in [-0.39, 0.29) is 11.8 Å². The molecule has 5 rings (SSSR count). The lowest BCUT2D eigenvalue weighted by Crippen LogP contribution is -2.38. The molecule has 2 fully saturated rings. The van der Waals surface area contributed by atoms with Gasteiger partial charge in [-0.05, 0) is 61.7 Å². The highest BCUT2D eigenvalue weighted by Crippen LogP contribution is 2.40. The molecule has 1 N–H and O–H groups in total. The summed E-state index contributed by atoms with van der Waals surface area (Å²) in [6.07, 6.45) is 2.21. The Morgan fingerprint density at radius 3 is 2.62 bits per heavy atom. The predicted octanol–water partition coefficient (Wildman–Crippen LogP) is 5.52. The lowest BCUT2D eigenvalue weighted by molar-refractivity contribution is 0.0771. The third kappa shape index (κ3) is 4.21. The van der Waals surface area contributed by atoms with Crippen molar-refractivity contribution >= 4 is 51.8 Å². The van der Waals surface area contributed by atoms with Crippen molar-refractivity contribution in [2.24, 2.45) is 0 Å². The second-order valence-electron chi connectivity index (χ2n) is 8.37. The van der Waals surface area contributed by atoms with Crippen LogP contribution in [0.1, 0.15) is 50.7 Å². The van der Waals surface area contributed by atoms with Gasteiger partial charge in [-0.3, -0.25) is 14.6 Å². The standard InChI is InChI=1S/C25H24ClN3O2S/c1-15-18(25(31)29-9-11-32-12-10-29)3-2-4-21(15)28-24(30)20-14-23(16-5-6-16)27-22-8-7-17(26)13-19(20)22/h2-4,7-8,13-14,16H,5-6,9-12H2,1H3,(H,28,30). The first-order valence-corrected chi connectivity index (χ1v) is 12.4. The van der Waals surface area contributed by atoms with Crippen molar-refractivity contribution in [2.75, 3.05) is 29.9 Å². The molecule has 2 amide bonds. The van der Waals surface area contributed by atoms with Gasteiger partial charge in [0.2, 0.25) is 0 Å². The number of nitrogens with zero attached hydrogens (tertiary/aromatic N) is 2. The van der Waals surface area contributed by atoms with E-state index >= 15 is 0 Å². The molecule has 7 heteroatoms. The highest BCUT2D eigenvalue weighted by Gasteiger charge is 2.27. The number of nitrogens with one attached hydrogen (secondary N) is 1. The number of pyridine rings is 1. The van der Waals surface area contributed by atoms with E-state index in [1.54, 1.807) is 12.1 Å². The maximum absolute atomic E-state index is 13.4. The van der Waals surface area contributed by atoms with Gasteiger partial charge in [-0.25, -0.2) is 0 Å². The Morgan fingerprint density at radius 1 is 1.09 bits per heavy atom. The van der Waals surface area contributed by atoms with E-state index in [9.17, 15) is 9.59 Å². The number of thioether (sulfide) groups is 1. The van der Waals surface area contributed by atoms with Crippen molar-refractivity contribution in [1.82, 2.24) is 9.88 Å². The average Bonchev–Trinajstić information content (AvgIpc) is 3.65. The molecule has 1 aromatic heterocycles. The molecule has 32 heavy (non-hydrogen) atoms. The Kier molecular flexibility index (Phi) is 5.82. The summed E-state index contributed by atoms with van der Waals surface area (Å²) in [4.78, 5) is 33.1. The molecule has 1 aliphatic heterocycles. The molecule has 5 nitrogen and oxygen atoms in total. The van der Waals surface area contributed by atoms with E-state index in [1.165, 1.54) is 0 Å². The van der Waals surface area contributed by atoms with Gasteiger partial charge in [-0.2, -0.15) is 11.8 Å². The third-order valence-corrected chi connectivity index (χ3v) is 7.32. The summed E-state index contributed by atoms with van der Waals surface area (Å²) < 4.78 is 0. The lowest BCUT2D eigenvalue weighted by Gasteiger charge is -2.27. The Morgan fingerprint density at radius 2 is 1.88 bits per heavy atom. The second-order valence-corrected chi connectivity index (χ2v) is 10.0. The van der Waals surface area contributed by atoms with Gasteiger partial charge in [0.15, 0.2) is 0 Å². The number of amides is 2. The topological polar surface area (TPSA) is 62.3 Å². The molecular weight excluding hydrogens is 442 g/mol. The van der Waals surface area contributed by atoms with Crippen molar-refractivity contribution < 1.29 is 9.59 Å². The van der Waals surface area contributed by atoms with E-state index in [1.807, 2.05) is 53.9 Å². The minimum Gasteiger partial charge on any atom is -0.337 e. The highest BCUT2D eigenvalue weighted by molar-refractivity contribution is 7.99. The first-order chi connectivity index (χ1) is 15.5. The molecule has 164 valence electrons. The summed E-state index contributed by atoms with van der Waals surface area (Å²) in [6, 6.07) is 12.8. The zero-order valence-electron chi connectivity index (χ0n) is 17.9. The minimum atomic E-state index is -0.219. The smallest absolute Gasteiger partial charge is 0.256 e. The summed E-state index contributed by atoms with van der Waals surface area (Å²) >= 11 is 8.09. The van der Waals surface area contributed by atoms with Crippen LogP contribution in [0.25, 0.3) is 10.9 Å². The fourth-order valence-corrected chi connectivity index (χ4v) is 5.20. The molecule has 0 spiro atoms. The molecule has 3 aromatic rings. The first-order valence-electron chi connectivity index (χ1n) is 10.9. The number of carbonyl (C=O) groups excluding carboxylic acids is 2. The number of aromatic nitrogens is 1. The van der Waals surface area contributed by atoms with E-state index < -0.39 is 0 Å². The quantitative estimate of drug-likeness (QED) is 0.551.